The van der Waals surface area contributed by atoms with Gasteiger partial charge >= 0.3 is 5.97 Å². The van der Waals surface area contributed by atoms with Crippen molar-refractivity contribution in [2.24, 2.45) is 0 Å². The highest BCUT2D eigenvalue weighted by atomic mass is 16.4. The number of fused-ring (bicyclic) bond motifs is 1. The maximum Gasteiger partial charge on any atom is 0.354 e. The second-order valence-electron chi connectivity index (χ2n) is 4.87. The molecular weight excluding hydrogens is 256 g/mol. The third-order valence-corrected chi connectivity index (χ3v) is 3.38. The SMILES string of the molecule is O=C(O)c1cccc(NCc2cn3c(n2)CCCC3)n1. The van der Waals surface area contributed by atoms with E-state index in [2.05, 4.69) is 26.0 Å². The summed E-state index contributed by atoms with van der Waals surface area (Å²) < 4.78 is 2.20. The molecule has 20 heavy (non-hydrogen) atoms. The Balaban J connectivity index is 1.68. The number of aromatic carboxylic acids is 1. The lowest BCUT2D eigenvalue weighted by Gasteiger charge is -2.11. The molecule has 0 bridgehead atoms. The van der Waals surface area contributed by atoms with Crippen LogP contribution in [0.1, 0.15) is 34.8 Å². The van der Waals surface area contributed by atoms with E-state index in [0.29, 0.717) is 12.4 Å². The Morgan fingerprint density at radius 2 is 2.25 bits per heavy atom. The molecule has 2 aromatic heterocycles. The number of rotatable bonds is 4. The number of aromatic nitrogens is 3. The molecule has 0 aliphatic carbocycles. The second-order valence-corrected chi connectivity index (χ2v) is 4.87. The van der Waals surface area contributed by atoms with Gasteiger partial charge in [-0.25, -0.2) is 14.8 Å². The van der Waals surface area contributed by atoms with Gasteiger partial charge in [-0.1, -0.05) is 6.07 Å². The van der Waals surface area contributed by atoms with E-state index in [9.17, 15) is 4.79 Å². The van der Waals surface area contributed by atoms with Gasteiger partial charge in [-0.2, -0.15) is 0 Å². The minimum atomic E-state index is -1.02. The maximum atomic E-state index is 10.9. The summed E-state index contributed by atoms with van der Waals surface area (Å²) in [4.78, 5) is 19.5. The number of hydrogen-bond donors (Lipinski definition) is 2. The first-order chi connectivity index (χ1) is 9.72. The molecule has 0 fully saturated rings. The number of nitrogens with zero attached hydrogens (tertiary/aromatic N) is 3. The summed E-state index contributed by atoms with van der Waals surface area (Å²) in [6, 6.07) is 4.91. The van der Waals surface area contributed by atoms with E-state index in [-0.39, 0.29) is 5.69 Å². The van der Waals surface area contributed by atoms with Gasteiger partial charge in [0.1, 0.15) is 11.6 Å². The van der Waals surface area contributed by atoms with E-state index in [1.54, 1.807) is 12.1 Å². The van der Waals surface area contributed by atoms with Gasteiger partial charge in [0.05, 0.1) is 12.2 Å². The Bertz CT molecular complexity index is 612. The fraction of sp³-hybridized carbons (Fsp3) is 0.357. The van der Waals surface area contributed by atoms with Crippen LogP contribution >= 0.6 is 0 Å². The minimum Gasteiger partial charge on any atom is -0.477 e. The molecule has 6 heteroatoms. The Labute approximate surface area is 116 Å². The third kappa shape index (κ3) is 2.64. The lowest BCUT2D eigenvalue weighted by atomic mass is 10.2. The van der Waals surface area contributed by atoms with Crippen molar-refractivity contribution in [3.8, 4) is 0 Å². The molecule has 0 unspecified atom stereocenters. The summed E-state index contributed by atoms with van der Waals surface area (Å²) in [6.45, 7) is 1.59. The van der Waals surface area contributed by atoms with Gasteiger partial charge < -0.3 is 15.0 Å². The summed E-state index contributed by atoms with van der Waals surface area (Å²) in [5.74, 6) is 0.669. The van der Waals surface area contributed by atoms with Crippen molar-refractivity contribution in [3.05, 3.63) is 41.6 Å². The topological polar surface area (TPSA) is 80.0 Å². The zero-order valence-electron chi connectivity index (χ0n) is 11.0. The predicted octanol–water partition coefficient (Wildman–Crippen LogP) is 1.92. The average Bonchev–Trinajstić information content (AvgIpc) is 2.88. The van der Waals surface area contributed by atoms with Gasteiger partial charge in [0.25, 0.3) is 0 Å². The van der Waals surface area contributed by atoms with E-state index in [1.807, 2.05) is 0 Å². The lowest BCUT2D eigenvalue weighted by Crippen LogP contribution is -2.08. The van der Waals surface area contributed by atoms with Gasteiger partial charge in [0.15, 0.2) is 5.69 Å². The van der Waals surface area contributed by atoms with E-state index < -0.39 is 5.97 Å². The molecule has 3 rings (SSSR count). The van der Waals surface area contributed by atoms with Crippen molar-refractivity contribution in [2.75, 3.05) is 5.32 Å². The molecule has 3 heterocycles. The third-order valence-electron chi connectivity index (χ3n) is 3.38. The van der Waals surface area contributed by atoms with Crippen LogP contribution in [0.5, 0.6) is 0 Å². The monoisotopic (exact) mass is 272 g/mol. The minimum absolute atomic E-state index is 0.0409. The molecule has 0 spiro atoms. The molecule has 0 amide bonds. The normalized spacial score (nSPS) is 13.8. The molecule has 0 atom stereocenters. The Morgan fingerprint density at radius 3 is 3.05 bits per heavy atom. The van der Waals surface area contributed by atoms with E-state index in [1.165, 1.54) is 18.9 Å². The van der Waals surface area contributed by atoms with Crippen LogP contribution in [-0.2, 0) is 19.5 Å². The summed E-state index contributed by atoms with van der Waals surface area (Å²) >= 11 is 0. The standard InChI is InChI=1S/C14H16N4O2/c19-14(20)11-4-3-5-12(17-11)15-8-10-9-18-7-2-1-6-13(18)16-10/h3-5,9H,1-2,6-8H2,(H,15,17)(H,19,20). The van der Waals surface area contributed by atoms with Crippen LogP contribution in [0.2, 0.25) is 0 Å². The summed E-state index contributed by atoms with van der Waals surface area (Å²) in [5, 5.41) is 12.0. The number of aryl methyl sites for hydroxylation is 2. The van der Waals surface area contributed by atoms with Crippen molar-refractivity contribution in [1.29, 1.82) is 0 Å². The number of carboxylic acids is 1. The van der Waals surface area contributed by atoms with E-state index >= 15 is 0 Å². The highest BCUT2D eigenvalue weighted by molar-refractivity contribution is 5.85. The number of pyridine rings is 1. The number of hydrogen-bond acceptors (Lipinski definition) is 4. The molecule has 104 valence electrons. The Morgan fingerprint density at radius 1 is 1.35 bits per heavy atom. The van der Waals surface area contributed by atoms with E-state index in [4.69, 9.17) is 5.11 Å². The molecule has 0 aromatic carbocycles. The van der Waals surface area contributed by atoms with Crippen LogP contribution in [0.3, 0.4) is 0 Å². The average molecular weight is 272 g/mol. The number of anilines is 1. The first-order valence-electron chi connectivity index (χ1n) is 6.71. The van der Waals surface area contributed by atoms with Gasteiger partial charge in [0.2, 0.25) is 0 Å². The Kier molecular flexibility index (Phi) is 3.37. The quantitative estimate of drug-likeness (QED) is 0.889. The molecule has 0 radical (unpaired) electrons. The molecule has 0 saturated carbocycles. The first-order valence-corrected chi connectivity index (χ1v) is 6.71. The highest BCUT2D eigenvalue weighted by Crippen LogP contribution is 2.15. The summed E-state index contributed by atoms with van der Waals surface area (Å²) in [6.07, 6.45) is 5.50. The predicted molar refractivity (Wildman–Crippen MR) is 73.7 cm³/mol. The van der Waals surface area contributed by atoms with Gasteiger partial charge in [-0.3, -0.25) is 0 Å². The summed E-state index contributed by atoms with van der Waals surface area (Å²) in [7, 11) is 0. The van der Waals surface area contributed by atoms with Crippen LogP contribution in [-0.4, -0.2) is 25.6 Å². The first kappa shape index (κ1) is 12.7. The molecule has 6 nitrogen and oxygen atoms in total. The zero-order chi connectivity index (χ0) is 13.9. The molecule has 1 aliphatic heterocycles. The zero-order valence-corrected chi connectivity index (χ0v) is 11.0. The molecule has 2 aromatic rings. The molecule has 1 aliphatic rings. The fourth-order valence-electron chi connectivity index (χ4n) is 2.39. The van der Waals surface area contributed by atoms with Crippen molar-refractivity contribution in [1.82, 2.24) is 14.5 Å². The number of carboxylic acid groups (broad SMARTS) is 1. The summed E-state index contributed by atoms with van der Waals surface area (Å²) in [5.41, 5.74) is 1.00. The fourth-order valence-corrected chi connectivity index (χ4v) is 2.39. The van der Waals surface area contributed by atoms with Gasteiger partial charge in [-0.15, -0.1) is 0 Å². The van der Waals surface area contributed by atoms with E-state index in [0.717, 1.165) is 24.5 Å². The van der Waals surface area contributed by atoms with Crippen LogP contribution < -0.4 is 5.32 Å². The molecular formula is C14H16N4O2. The largest absolute Gasteiger partial charge is 0.477 e. The van der Waals surface area contributed by atoms with Crippen LogP contribution in [0.25, 0.3) is 0 Å². The van der Waals surface area contributed by atoms with Crippen molar-refractivity contribution in [2.45, 2.75) is 32.4 Å². The van der Waals surface area contributed by atoms with Crippen LogP contribution in [0.15, 0.2) is 24.4 Å². The van der Waals surface area contributed by atoms with Crippen LogP contribution in [0.4, 0.5) is 5.82 Å². The number of carbonyl (C=O) groups is 1. The van der Waals surface area contributed by atoms with Crippen molar-refractivity contribution >= 4 is 11.8 Å². The van der Waals surface area contributed by atoms with Gasteiger partial charge in [-0.05, 0) is 25.0 Å². The smallest absolute Gasteiger partial charge is 0.354 e. The number of imidazole rings is 1. The highest BCUT2D eigenvalue weighted by Gasteiger charge is 2.12. The maximum absolute atomic E-state index is 10.9. The lowest BCUT2D eigenvalue weighted by molar-refractivity contribution is 0.0690. The van der Waals surface area contributed by atoms with Gasteiger partial charge in [0, 0.05) is 19.2 Å². The molecule has 0 saturated heterocycles. The Hall–Kier alpha value is -2.37. The molecule has 2 N–H and O–H groups in total. The van der Waals surface area contributed by atoms with Crippen LogP contribution in [0, 0.1) is 0 Å². The van der Waals surface area contributed by atoms with Crippen molar-refractivity contribution in [3.63, 3.8) is 0 Å². The second kappa shape index (κ2) is 5.32. The number of nitrogens with one attached hydrogen (secondary N) is 1. The van der Waals surface area contributed by atoms with Crippen molar-refractivity contribution < 1.29 is 9.90 Å².